The van der Waals surface area contributed by atoms with Crippen molar-refractivity contribution in [1.82, 2.24) is 25.5 Å². The van der Waals surface area contributed by atoms with Gasteiger partial charge in [0.2, 0.25) is 0 Å². The number of rotatable bonds is 5. The molecular formula is C8H14F3N5. The van der Waals surface area contributed by atoms with E-state index in [1.165, 1.54) is 11.6 Å². The molecule has 1 N–H and O–H groups in total. The van der Waals surface area contributed by atoms with Crippen LogP contribution in [0.1, 0.15) is 32.1 Å². The molecule has 92 valence electrons. The minimum atomic E-state index is -4.21. The molecule has 1 aromatic heterocycles. The van der Waals surface area contributed by atoms with Crippen LogP contribution in [0.5, 0.6) is 0 Å². The fourth-order valence-corrected chi connectivity index (χ4v) is 1.33. The van der Waals surface area contributed by atoms with Gasteiger partial charge >= 0.3 is 6.18 Å². The normalized spacial score (nSPS) is 14.1. The Balaban J connectivity index is 2.67. The smallest absolute Gasteiger partial charge is 0.310 e. The molecule has 0 radical (unpaired) electrons. The summed E-state index contributed by atoms with van der Waals surface area (Å²) in [6.07, 6.45) is -5.14. The summed E-state index contributed by atoms with van der Waals surface area (Å²) in [5.41, 5.74) is 0. The van der Waals surface area contributed by atoms with E-state index in [4.69, 9.17) is 0 Å². The van der Waals surface area contributed by atoms with E-state index in [9.17, 15) is 13.2 Å². The van der Waals surface area contributed by atoms with Crippen LogP contribution in [-0.2, 0) is 6.54 Å². The van der Waals surface area contributed by atoms with E-state index in [0.29, 0.717) is 18.9 Å². The minimum absolute atomic E-state index is 0.367. The molecule has 8 heteroatoms. The average molecular weight is 237 g/mol. The van der Waals surface area contributed by atoms with Crippen molar-refractivity contribution >= 4 is 0 Å². The third-order valence-electron chi connectivity index (χ3n) is 2.04. The Bertz CT molecular complexity index is 322. The SMILES string of the molecule is CCNCc1nnnn1C(C)CC(F)(F)F. The van der Waals surface area contributed by atoms with Gasteiger partial charge in [0.05, 0.1) is 19.0 Å². The van der Waals surface area contributed by atoms with Gasteiger partial charge in [-0.2, -0.15) is 13.2 Å². The van der Waals surface area contributed by atoms with E-state index >= 15 is 0 Å². The van der Waals surface area contributed by atoms with E-state index in [0.717, 1.165) is 0 Å². The van der Waals surface area contributed by atoms with Crippen LogP contribution in [0, 0.1) is 0 Å². The highest BCUT2D eigenvalue weighted by atomic mass is 19.4. The summed E-state index contributed by atoms with van der Waals surface area (Å²) in [4.78, 5) is 0. The van der Waals surface area contributed by atoms with Gasteiger partial charge in [-0.1, -0.05) is 6.92 Å². The Labute approximate surface area is 91.0 Å². The Kier molecular flexibility index (Phi) is 4.22. The molecule has 0 saturated heterocycles. The van der Waals surface area contributed by atoms with Gasteiger partial charge in [-0.15, -0.1) is 5.10 Å². The van der Waals surface area contributed by atoms with Crippen LogP contribution < -0.4 is 5.32 Å². The summed E-state index contributed by atoms with van der Waals surface area (Å²) < 4.78 is 37.8. The van der Waals surface area contributed by atoms with Gasteiger partial charge in [0.1, 0.15) is 0 Å². The van der Waals surface area contributed by atoms with Gasteiger partial charge in [0, 0.05) is 0 Å². The van der Waals surface area contributed by atoms with E-state index in [2.05, 4.69) is 20.8 Å². The van der Waals surface area contributed by atoms with Crippen LogP contribution in [0.15, 0.2) is 0 Å². The van der Waals surface area contributed by atoms with Crippen LogP contribution >= 0.6 is 0 Å². The van der Waals surface area contributed by atoms with Gasteiger partial charge in [-0.25, -0.2) is 4.68 Å². The van der Waals surface area contributed by atoms with E-state index in [1.54, 1.807) is 0 Å². The highest BCUT2D eigenvalue weighted by Gasteiger charge is 2.31. The van der Waals surface area contributed by atoms with Gasteiger partial charge in [0.15, 0.2) is 5.82 Å². The first-order chi connectivity index (χ1) is 7.44. The molecule has 0 aliphatic rings. The largest absolute Gasteiger partial charge is 0.391 e. The maximum absolute atomic E-state index is 12.2. The zero-order chi connectivity index (χ0) is 12.2. The molecule has 0 aliphatic carbocycles. The molecule has 5 nitrogen and oxygen atoms in total. The van der Waals surface area contributed by atoms with E-state index in [-0.39, 0.29) is 0 Å². The van der Waals surface area contributed by atoms with Crippen molar-refractivity contribution < 1.29 is 13.2 Å². The van der Waals surface area contributed by atoms with Gasteiger partial charge in [0.25, 0.3) is 0 Å². The van der Waals surface area contributed by atoms with Crippen LogP contribution in [0.2, 0.25) is 0 Å². The Hall–Kier alpha value is -1.18. The van der Waals surface area contributed by atoms with Crippen molar-refractivity contribution in [3.63, 3.8) is 0 Å². The molecule has 0 spiro atoms. The van der Waals surface area contributed by atoms with E-state index < -0.39 is 18.6 Å². The van der Waals surface area contributed by atoms with Crippen LogP contribution in [-0.4, -0.2) is 32.9 Å². The van der Waals surface area contributed by atoms with Gasteiger partial charge in [-0.3, -0.25) is 0 Å². The number of hydrogen-bond donors (Lipinski definition) is 1. The molecule has 0 aromatic carbocycles. The molecule has 0 amide bonds. The molecule has 0 fully saturated rings. The van der Waals surface area contributed by atoms with Crippen molar-refractivity contribution in [3.05, 3.63) is 5.82 Å². The van der Waals surface area contributed by atoms with Gasteiger partial charge in [-0.05, 0) is 23.9 Å². The van der Waals surface area contributed by atoms with Crippen molar-refractivity contribution in [1.29, 1.82) is 0 Å². The summed E-state index contributed by atoms with van der Waals surface area (Å²) in [5.74, 6) is 0.415. The molecule has 1 heterocycles. The molecule has 0 aliphatic heterocycles. The molecule has 1 atom stereocenters. The monoisotopic (exact) mass is 237 g/mol. The lowest BCUT2D eigenvalue weighted by Crippen LogP contribution is -2.22. The van der Waals surface area contributed by atoms with E-state index in [1.807, 2.05) is 6.92 Å². The fourth-order valence-electron chi connectivity index (χ4n) is 1.33. The summed E-state index contributed by atoms with van der Waals surface area (Å²) in [5, 5.41) is 13.6. The molecular weight excluding hydrogens is 223 g/mol. The number of hydrogen-bond acceptors (Lipinski definition) is 4. The standard InChI is InChI=1S/C8H14F3N5/c1-3-12-5-7-13-14-15-16(7)6(2)4-8(9,10)11/h6,12H,3-5H2,1-2H3. The molecule has 16 heavy (non-hydrogen) atoms. The lowest BCUT2D eigenvalue weighted by Gasteiger charge is -2.15. The Morgan fingerprint density at radius 3 is 2.69 bits per heavy atom. The first-order valence-electron chi connectivity index (χ1n) is 4.98. The second-order valence-electron chi connectivity index (χ2n) is 3.49. The second-order valence-corrected chi connectivity index (χ2v) is 3.49. The first-order valence-corrected chi connectivity index (χ1v) is 4.98. The molecule has 0 bridgehead atoms. The predicted octanol–water partition coefficient (Wildman–Crippen LogP) is 1.30. The average Bonchev–Trinajstić information content (AvgIpc) is 2.59. The maximum Gasteiger partial charge on any atom is 0.391 e. The van der Waals surface area contributed by atoms with Crippen molar-refractivity contribution in [2.75, 3.05) is 6.54 Å². The summed E-state index contributed by atoms with van der Waals surface area (Å²) >= 11 is 0. The third-order valence-corrected chi connectivity index (χ3v) is 2.04. The van der Waals surface area contributed by atoms with Crippen molar-refractivity contribution in [3.8, 4) is 0 Å². The second kappa shape index (κ2) is 5.24. The van der Waals surface area contributed by atoms with Crippen LogP contribution in [0.3, 0.4) is 0 Å². The zero-order valence-electron chi connectivity index (χ0n) is 9.12. The van der Waals surface area contributed by atoms with Crippen molar-refractivity contribution in [2.45, 2.75) is 39.0 Å². The molecule has 1 rings (SSSR count). The highest BCUT2D eigenvalue weighted by molar-refractivity contribution is 4.83. The maximum atomic E-state index is 12.2. The summed E-state index contributed by atoms with van der Waals surface area (Å²) in [7, 11) is 0. The number of aromatic nitrogens is 4. The third kappa shape index (κ3) is 3.76. The van der Waals surface area contributed by atoms with Crippen LogP contribution in [0.25, 0.3) is 0 Å². The van der Waals surface area contributed by atoms with Gasteiger partial charge < -0.3 is 5.32 Å². The summed E-state index contributed by atoms with van der Waals surface area (Å²) in [6.45, 7) is 4.42. The van der Waals surface area contributed by atoms with Crippen molar-refractivity contribution in [2.24, 2.45) is 0 Å². The van der Waals surface area contributed by atoms with Crippen LogP contribution in [0.4, 0.5) is 13.2 Å². The number of alkyl halides is 3. The lowest BCUT2D eigenvalue weighted by molar-refractivity contribution is -0.142. The highest BCUT2D eigenvalue weighted by Crippen LogP contribution is 2.27. The quantitative estimate of drug-likeness (QED) is 0.838. The molecule has 0 saturated carbocycles. The number of tetrazole rings is 1. The Morgan fingerprint density at radius 1 is 1.44 bits per heavy atom. The number of nitrogens with one attached hydrogen (secondary N) is 1. The molecule has 1 unspecified atom stereocenters. The summed E-state index contributed by atoms with van der Waals surface area (Å²) in [6, 6.07) is -0.788. The minimum Gasteiger partial charge on any atom is -0.310 e. The lowest BCUT2D eigenvalue weighted by atomic mass is 10.2. The first kappa shape index (κ1) is 12.9. The topological polar surface area (TPSA) is 55.6 Å². The molecule has 1 aromatic rings. The Morgan fingerprint density at radius 2 is 2.12 bits per heavy atom. The number of halogens is 3. The fraction of sp³-hybridized carbons (Fsp3) is 0.875. The zero-order valence-corrected chi connectivity index (χ0v) is 9.12. The number of nitrogens with zero attached hydrogens (tertiary/aromatic N) is 4. The predicted molar refractivity (Wildman–Crippen MR) is 50.6 cm³/mol.